The van der Waals surface area contributed by atoms with E-state index in [1.165, 1.54) is 52.7 Å². The van der Waals surface area contributed by atoms with Crippen molar-refractivity contribution in [3.8, 4) is 0 Å². The van der Waals surface area contributed by atoms with E-state index < -0.39 is 0 Å². The Morgan fingerprint density at radius 1 is 0.885 bits per heavy atom. The van der Waals surface area contributed by atoms with Crippen LogP contribution in [-0.2, 0) is 14.3 Å². The molecule has 0 radical (unpaired) electrons. The first-order valence-corrected chi connectivity index (χ1v) is 10.2. The highest BCUT2D eigenvalue weighted by Crippen LogP contribution is 2.11. The Morgan fingerprint density at radius 3 is 2.27 bits per heavy atom. The molecule has 0 spiro atoms. The number of hydrogen-bond donors (Lipinski definition) is 1. The summed E-state index contributed by atoms with van der Waals surface area (Å²) >= 11 is 0. The van der Waals surface area contributed by atoms with E-state index in [0.29, 0.717) is 6.42 Å². The zero-order valence-corrected chi connectivity index (χ0v) is 17.1. The number of ether oxygens (including phenoxy) is 2. The number of methoxy groups -OCH3 is 2. The van der Waals surface area contributed by atoms with Crippen molar-refractivity contribution < 1.29 is 19.1 Å². The number of nitrogens with one attached hydrogen (secondary N) is 1. The van der Waals surface area contributed by atoms with Crippen LogP contribution in [0.4, 0.5) is 4.79 Å². The summed E-state index contributed by atoms with van der Waals surface area (Å²) in [6.07, 6.45) is 17.9. The van der Waals surface area contributed by atoms with Gasteiger partial charge in [-0.25, -0.2) is 4.79 Å². The summed E-state index contributed by atoms with van der Waals surface area (Å²) in [5.74, 6) is -0.160. The maximum atomic E-state index is 11.5. The maximum absolute atomic E-state index is 11.5. The molecule has 0 aliphatic carbocycles. The first-order valence-electron chi connectivity index (χ1n) is 10.2. The Hall–Kier alpha value is -1.52. The van der Waals surface area contributed by atoms with Crippen LogP contribution in [0.1, 0.15) is 90.4 Å². The third kappa shape index (κ3) is 16.0. The lowest BCUT2D eigenvalue weighted by atomic mass is 10.0. The number of hydrogen-bond acceptors (Lipinski definition) is 4. The molecule has 0 aromatic heterocycles. The van der Waals surface area contributed by atoms with Crippen molar-refractivity contribution >= 4 is 12.1 Å². The molecule has 1 atom stereocenters. The summed E-state index contributed by atoms with van der Waals surface area (Å²) in [5.41, 5.74) is 0. The van der Waals surface area contributed by atoms with Crippen LogP contribution in [0.25, 0.3) is 0 Å². The Balaban J connectivity index is 3.93. The highest BCUT2D eigenvalue weighted by molar-refractivity contribution is 5.69. The molecule has 0 rings (SSSR count). The van der Waals surface area contributed by atoms with E-state index in [1.54, 1.807) is 0 Å². The second-order valence-electron chi connectivity index (χ2n) is 6.77. The zero-order chi connectivity index (χ0) is 19.5. The molecule has 0 aromatic rings. The summed E-state index contributed by atoms with van der Waals surface area (Å²) in [7, 11) is 2.80. The molecule has 0 saturated heterocycles. The summed E-state index contributed by atoms with van der Waals surface area (Å²) in [5, 5.41) is 2.90. The van der Waals surface area contributed by atoms with E-state index in [2.05, 4.69) is 29.1 Å². The fourth-order valence-corrected chi connectivity index (χ4v) is 2.83. The number of amides is 1. The molecule has 1 unspecified atom stereocenters. The van der Waals surface area contributed by atoms with Crippen molar-refractivity contribution in [3.63, 3.8) is 0 Å². The van der Waals surface area contributed by atoms with Gasteiger partial charge in [-0.15, -0.1) is 0 Å². The molecule has 152 valence electrons. The molecule has 0 saturated carbocycles. The fourth-order valence-electron chi connectivity index (χ4n) is 2.83. The normalized spacial score (nSPS) is 12.1. The van der Waals surface area contributed by atoms with Gasteiger partial charge in [0.05, 0.1) is 14.2 Å². The van der Waals surface area contributed by atoms with Crippen LogP contribution in [-0.4, -0.2) is 32.3 Å². The number of alkyl carbamates (subject to hydrolysis) is 1. The molecular formula is C21H39NO4. The molecule has 0 heterocycles. The van der Waals surface area contributed by atoms with Crippen LogP contribution in [0.5, 0.6) is 0 Å². The van der Waals surface area contributed by atoms with Crippen LogP contribution >= 0.6 is 0 Å². The van der Waals surface area contributed by atoms with Crippen molar-refractivity contribution in [2.75, 3.05) is 14.2 Å². The monoisotopic (exact) mass is 369 g/mol. The molecule has 0 aliphatic rings. The average molecular weight is 370 g/mol. The number of esters is 1. The third-order valence-corrected chi connectivity index (χ3v) is 4.48. The van der Waals surface area contributed by atoms with Gasteiger partial charge in [-0.05, 0) is 32.1 Å². The topological polar surface area (TPSA) is 64.6 Å². The number of unbranched alkanes of at least 4 members (excludes halogenated alkanes) is 8. The van der Waals surface area contributed by atoms with Crippen molar-refractivity contribution in [2.24, 2.45) is 0 Å². The van der Waals surface area contributed by atoms with E-state index in [0.717, 1.165) is 38.5 Å². The fraction of sp³-hybridized carbons (Fsp3) is 0.810. The summed E-state index contributed by atoms with van der Waals surface area (Å²) < 4.78 is 9.35. The van der Waals surface area contributed by atoms with Crippen LogP contribution in [0.3, 0.4) is 0 Å². The van der Waals surface area contributed by atoms with Gasteiger partial charge in [0.1, 0.15) is 0 Å². The summed E-state index contributed by atoms with van der Waals surface area (Å²) in [6.45, 7) is 2.24. The molecule has 0 aromatic carbocycles. The largest absolute Gasteiger partial charge is 0.469 e. The number of carbonyl (C=O) groups excluding carboxylic acids is 2. The minimum Gasteiger partial charge on any atom is -0.469 e. The lowest BCUT2D eigenvalue weighted by Gasteiger charge is -2.16. The van der Waals surface area contributed by atoms with Crippen molar-refractivity contribution in [3.05, 3.63) is 12.2 Å². The maximum Gasteiger partial charge on any atom is 0.407 e. The number of allylic oxidation sites excluding steroid dienone is 1. The van der Waals surface area contributed by atoms with Gasteiger partial charge >= 0.3 is 12.1 Å². The Bertz CT molecular complexity index is 382. The van der Waals surface area contributed by atoms with Crippen LogP contribution in [0.15, 0.2) is 12.2 Å². The number of rotatable bonds is 16. The highest BCUT2D eigenvalue weighted by Gasteiger charge is 2.11. The van der Waals surface area contributed by atoms with Crippen LogP contribution in [0.2, 0.25) is 0 Å². The predicted molar refractivity (Wildman–Crippen MR) is 106 cm³/mol. The van der Waals surface area contributed by atoms with Gasteiger partial charge in [-0.1, -0.05) is 64.0 Å². The molecule has 0 aliphatic heterocycles. The standard InChI is InChI=1S/C21H39NO4/c1-4-5-6-7-8-9-10-11-13-16-19(22-21(24)26-3)17-14-12-15-18-20(23)25-2/h11,13,19H,4-10,12,14-18H2,1-3H3,(H,22,24)/b13-11-. The molecule has 26 heavy (non-hydrogen) atoms. The molecule has 1 N–H and O–H groups in total. The average Bonchev–Trinajstić information content (AvgIpc) is 2.65. The number of carbonyl (C=O) groups is 2. The SMILES string of the molecule is CCCCCCCC/C=C\CC(CCCCCC(=O)OC)NC(=O)OC. The van der Waals surface area contributed by atoms with Crippen molar-refractivity contribution in [2.45, 2.75) is 96.4 Å². The van der Waals surface area contributed by atoms with Gasteiger partial charge in [0.25, 0.3) is 0 Å². The van der Waals surface area contributed by atoms with Gasteiger partial charge in [-0.2, -0.15) is 0 Å². The second kappa shape index (κ2) is 18.3. The minimum absolute atomic E-state index is 0.0846. The van der Waals surface area contributed by atoms with E-state index in [9.17, 15) is 9.59 Å². The Kier molecular flexibility index (Phi) is 17.2. The predicted octanol–water partition coefficient (Wildman–Crippen LogP) is 5.53. The molecule has 0 fully saturated rings. The minimum atomic E-state index is -0.381. The smallest absolute Gasteiger partial charge is 0.407 e. The highest BCUT2D eigenvalue weighted by atomic mass is 16.5. The van der Waals surface area contributed by atoms with Crippen LogP contribution < -0.4 is 5.32 Å². The van der Waals surface area contributed by atoms with E-state index >= 15 is 0 Å². The quantitative estimate of drug-likeness (QED) is 0.221. The third-order valence-electron chi connectivity index (χ3n) is 4.48. The Labute approximate surface area is 159 Å². The molecule has 5 heteroatoms. The summed E-state index contributed by atoms with van der Waals surface area (Å²) in [4.78, 5) is 22.6. The van der Waals surface area contributed by atoms with E-state index in [1.807, 2.05) is 0 Å². The Morgan fingerprint density at radius 2 is 1.58 bits per heavy atom. The lowest BCUT2D eigenvalue weighted by molar-refractivity contribution is -0.140. The van der Waals surface area contributed by atoms with Crippen molar-refractivity contribution in [1.82, 2.24) is 5.32 Å². The van der Waals surface area contributed by atoms with Gasteiger partial charge in [0.15, 0.2) is 0 Å². The van der Waals surface area contributed by atoms with Gasteiger partial charge in [0, 0.05) is 12.5 Å². The van der Waals surface area contributed by atoms with Gasteiger partial charge in [-0.3, -0.25) is 4.79 Å². The van der Waals surface area contributed by atoms with Crippen LogP contribution in [0, 0.1) is 0 Å². The first kappa shape index (κ1) is 24.5. The molecule has 1 amide bonds. The van der Waals surface area contributed by atoms with Gasteiger partial charge < -0.3 is 14.8 Å². The molecular weight excluding hydrogens is 330 g/mol. The first-order chi connectivity index (χ1) is 12.6. The molecule has 5 nitrogen and oxygen atoms in total. The molecule has 0 bridgehead atoms. The second-order valence-corrected chi connectivity index (χ2v) is 6.77. The van der Waals surface area contributed by atoms with E-state index in [4.69, 9.17) is 4.74 Å². The van der Waals surface area contributed by atoms with Crippen molar-refractivity contribution in [1.29, 1.82) is 0 Å². The van der Waals surface area contributed by atoms with E-state index in [-0.39, 0.29) is 18.1 Å². The zero-order valence-electron chi connectivity index (χ0n) is 17.1. The van der Waals surface area contributed by atoms with Gasteiger partial charge in [0.2, 0.25) is 0 Å². The summed E-state index contributed by atoms with van der Waals surface area (Å²) in [6, 6.07) is 0.0846. The lowest BCUT2D eigenvalue weighted by Crippen LogP contribution is -2.34.